The summed E-state index contributed by atoms with van der Waals surface area (Å²) in [5, 5.41) is 2.31. The van der Waals surface area contributed by atoms with Gasteiger partial charge >= 0.3 is 336 Å². The van der Waals surface area contributed by atoms with Gasteiger partial charge in [-0.3, -0.25) is 0 Å². The monoisotopic (exact) mass is 902 g/mol. The predicted molar refractivity (Wildman–Crippen MR) is 226 cm³/mol. The third-order valence-corrected chi connectivity index (χ3v) is 15.7. The van der Waals surface area contributed by atoms with E-state index in [4.69, 9.17) is 4.98 Å². The van der Waals surface area contributed by atoms with Crippen LogP contribution in [0.5, 0.6) is 0 Å². The van der Waals surface area contributed by atoms with E-state index in [1.54, 1.807) is 0 Å². The molecule has 275 valence electrons. The van der Waals surface area contributed by atoms with Crippen LogP contribution >= 0.6 is 0 Å². The Morgan fingerprint density at radius 2 is 1.09 bits per heavy atom. The van der Waals surface area contributed by atoms with Crippen molar-refractivity contribution in [2.45, 2.75) is 24.9 Å². The Labute approximate surface area is 334 Å². The number of nitrogens with zero attached hydrogens (tertiary/aromatic N) is 6. The second-order valence-electron chi connectivity index (χ2n) is 14.9. The second-order valence-corrected chi connectivity index (χ2v) is 17.7. The molecule has 11 rings (SSSR count). The zero-order valence-corrected chi connectivity index (χ0v) is 33.8. The van der Waals surface area contributed by atoms with Crippen LogP contribution in [-0.2, 0) is 27.9 Å². The van der Waals surface area contributed by atoms with Gasteiger partial charge in [-0.15, -0.1) is 0 Å². The van der Waals surface area contributed by atoms with Gasteiger partial charge in [0.2, 0.25) is 0 Å². The Morgan fingerprint density at radius 1 is 0.518 bits per heavy atom. The first kappa shape index (κ1) is 33.2. The molecule has 4 bridgehead atoms. The second kappa shape index (κ2) is 12.2. The van der Waals surface area contributed by atoms with Gasteiger partial charge in [0, 0.05) is 0 Å². The van der Waals surface area contributed by atoms with Crippen LogP contribution in [0, 0.1) is 18.2 Å². The molecule has 0 saturated heterocycles. The van der Waals surface area contributed by atoms with Crippen molar-refractivity contribution in [2.24, 2.45) is 0 Å². The van der Waals surface area contributed by atoms with Crippen molar-refractivity contribution in [1.29, 1.82) is 0 Å². The maximum atomic E-state index is 5.69. The minimum atomic E-state index is -1.13. The van der Waals surface area contributed by atoms with Crippen LogP contribution in [0.2, 0.25) is 0 Å². The Bertz CT molecular complexity index is 2950. The molecule has 0 aliphatic carbocycles. The number of anilines is 4. The Balaban J connectivity index is 1.37. The fraction of sp³-hybridized carbons (Fsp3) is 0.122. The fourth-order valence-electron chi connectivity index (χ4n) is 9.02. The summed E-state index contributed by atoms with van der Waals surface area (Å²) >= 11 is -1.13. The van der Waals surface area contributed by atoms with Crippen LogP contribution in [0.15, 0.2) is 152 Å². The number of aromatic nitrogens is 2. The average Bonchev–Trinajstić information content (AvgIpc) is 3.85. The third kappa shape index (κ3) is 4.44. The summed E-state index contributed by atoms with van der Waals surface area (Å²) in [6.45, 7) is 4.68. The van der Waals surface area contributed by atoms with Gasteiger partial charge in [0.05, 0.1) is 0 Å². The molecular formula is C49H37IrN6-3. The molecule has 3 aliphatic rings. The van der Waals surface area contributed by atoms with Gasteiger partial charge in [-0.1, -0.05) is 0 Å². The van der Waals surface area contributed by atoms with Gasteiger partial charge in [-0.05, 0) is 0 Å². The SMILES string of the molecule is CN1[C]2=[Ir]=[C]3N(C)c4ccccc4N3[C@@](C)(c3[c-]cccc3)c3cccc(n3)-n3c4[c-]c(ccc4c4ccccc43)C(C)(c3[c-]cccc3)N2c2ccccc21. The number of pyridine rings is 1. The summed E-state index contributed by atoms with van der Waals surface area (Å²) in [6.07, 6.45) is 0. The van der Waals surface area contributed by atoms with Crippen LogP contribution in [0.25, 0.3) is 27.6 Å². The molecule has 7 heteroatoms. The minimum absolute atomic E-state index is 0.693. The third-order valence-electron chi connectivity index (χ3n) is 11.9. The van der Waals surface area contributed by atoms with Gasteiger partial charge in [0.25, 0.3) is 0 Å². The summed E-state index contributed by atoms with van der Waals surface area (Å²) in [5.41, 5.74) is 9.49. The van der Waals surface area contributed by atoms with E-state index in [1.165, 1.54) is 31.0 Å². The molecule has 56 heavy (non-hydrogen) atoms. The first-order chi connectivity index (χ1) is 27.4. The van der Waals surface area contributed by atoms with Crippen molar-refractivity contribution in [3.63, 3.8) is 0 Å². The average molecular weight is 902 g/mol. The van der Waals surface area contributed by atoms with Crippen LogP contribution in [0.4, 0.5) is 22.7 Å². The molecule has 3 aliphatic heterocycles. The molecule has 0 amide bonds. The molecule has 1 unspecified atom stereocenters. The molecule has 6 nitrogen and oxygen atoms in total. The van der Waals surface area contributed by atoms with Crippen molar-refractivity contribution in [3.8, 4) is 5.82 Å². The number of fused-ring (bicyclic) bond motifs is 13. The van der Waals surface area contributed by atoms with E-state index in [-0.39, 0.29) is 0 Å². The molecular weight excluding hydrogens is 865 g/mol. The van der Waals surface area contributed by atoms with E-state index in [0.717, 1.165) is 50.3 Å². The van der Waals surface area contributed by atoms with E-state index in [1.807, 2.05) is 18.2 Å². The maximum absolute atomic E-state index is 5.69. The zero-order valence-electron chi connectivity index (χ0n) is 31.5. The summed E-state index contributed by atoms with van der Waals surface area (Å²) < 4.78 is 4.85. The van der Waals surface area contributed by atoms with Crippen LogP contribution in [0.3, 0.4) is 0 Å². The standard InChI is InChI=1S/C49H37N6.Ir/c1-48(35-18-7-5-8-19-35,53-33-51(3)41-24-13-15-26-43(41)53)37-30-31-39-38-22-11-12-23-40(38)55(45(39)32-37)47-29-17-28-46(50-47)49(2,36-20-9-6-10-21-36)54-34-52(4)42-25-14-16-27-44(42)54;/h5-18,20,22-31H,1-4H3;/q-3;/t48?,49-;/m0./s1. The molecule has 6 aromatic carbocycles. The van der Waals surface area contributed by atoms with E-state index in [2.05, 4.69) is 204 Å². The molecule has 5 heterocycles. The molecule has 0 spiro atoms. The van der Waals surface area contributed by atoms with Crippen molar-refractivity contribution < 1.29 is 16.8 Å². The fourth-order valence-corrected chi connectivity index (χ4v) is 13.1. The molecule has 2 aromatic heterocycles. The van der Waals surface area contributed by atoms with Crippen LogP contribution in [0.1, 0.15) is 36.2 Å². The molecule has 0 radical (unpaired) electrons. The zero-order chi connectivity index (χ0) is 37.8. The van der Waals surface area contributed by atoms with Gasteiger partial charge in [0.15, 0.2) is 0 Å². The first-order valence-corrected chi connectivity index (χ1v) is 21.3. The Morgan fingerprint density at radius 3 is 1.73 bits per heavy atom. The Hall–Kier alpha value is -6.14. The van der Waals surface area contributed by atoms with E-state index in [9.17, 15) is 0 Å². The summed E-state index contributed by atoms with van der Waals surface area (Å²) in [5.74, 6) is 0.853. The van der Waals surface area contributed by atoms with Gasteiger partial charge < -0.3 is 0 Å². The number of rotatable bonds is 2. The molecule has 0 saturated carbocycles. The van der Waals surface area contributed by atoms with Gasteiger partial charge in [-0.2, -0.15) is 0 Å². The Kier molecular flexibility index (Phi) is 7.22. The quantitative estimate of drug-likeness (QED) is 0.162. The van der Waals surface area contributed by atoms with Crippen molar-refractivity contribution in [1.82, 2.24) is 9.55 Å². The number of benzene rings is 6. The number of hydrogen-bond donors (Lipinski definition) is 0. The number of hydrogen-bond acceptors (Lipinski definition) is 5. The summed E-state index contributed by atoms with van der Waals surface area (Å²) in [6, 6.07) is 65.7. The molecule has 0 N–H and O–H groups in total. The van der Waals surface area contributed by atoms with E-state index < -0.39 is 27.9 Å². The van der Waals surface area contributed by atoms with Crippen LogP contribution < -0.4 is 19.6 Å². The van der Waals surface area contributed by atoms with Gasteiger partial charge in [-0.25, -0.2) is 0 Å². The molecule has 0 fully saturated rings. The van der Waals surface area contributed by atoms with Crippen molar-refractivity contribution in [2.75, 3.05) is 33.7 Å². The summed E-state index contributed by atoms with van der Waals surface area (Å²) in [4.78, 5) is 15.7. The normalized spacial score (nSPS) is 20.0. The van der Waals surface area contributed by atoms with Crippen molar-refractivity contribution >= 4 is 53.1 Å². The predicted octanol–water partition coefficient (Wildman–Crippen LogP) is 9.29. The van der Waals surface area contributed by atoms with Crippen LogP contribution in [-0.4, -0.2) is 32.2 Å². The summed E-state index contributed by atoms with van der Waals surface area (Å²) in [7, 11) is 4.47. The molecule has 8 aromatic rings. The first-order valence-electron chi connectivity index (χ1n) is 18.9. The topological polar surface area (TPSA) is 30.8 Å². The van der Waals surface area contributed by atoms with Crippen molar-refractivity contribution in [3.05, 3.63) is 192 Å². The van der Waals surface area contributed by atoms with E-state index >= 15 is 0 Å². The van der Waals surface area contributed by atoms with Gasteiger partial charge in [0.1, 0.15) is 0 Å². The number of para-hydroxylation sites is 5. The van der Waals surface area contributed by atoms with E-state index in [0.29, 0.717) is 0 Å². The molecule has 2 atom stereocenters.